The molecule has 1 heterocycles. The van der Waals surface area contributed by atoms with Crippen LogP contribution in [-0.4, -0.2) is 29.6 Å². The molecule has 1 fully saturated rings. The van der Waals surface area contributed by atoms with Crippen LogP contribution in [0.4, 0.5) is 0 Å². The van der Waals surface area contributed by atoms with Gasteiger partial charge in [0.2, 0.25) is 17.7 Å². The van der Waals surface area contributed by atoms with Gasteiger partial charge in [0.05, 0.1) is 0 Å². The molecule has 0 aromatic carbocycles. The van der Waals surface area contributed by atoms with E-state index >= 15 is 0 Å². The smallest absolute Gasteiger partial charge is 0.249 e. The molecule has 1 unspecified atom stereocenters. The van der Waals surface area contributed by atoms with E-state index < -0.39 is 11.9 Å². The summed E-state index contributed by atoms with van der Waals surface area (Å²) in [5, 5.41) is 4.73. The molecule has 0 radical (unpaired) electrons. The van der Waals surface area contributed by atoms with Crippen LogP contribution in [0, 0.1) is 0 Å². The molecule has 0 aromatic heterocycles. The molecule has 0 bridgehead atoms. The normalized spacial score (nSPS) is 21.0. The van der Waals surface area contributed by atoms with Gasteiger partial charge in [-0.25, -0.2) is 0 Å². The highest BCUT2D eigenvalue weighted by molar-refractivity contribution is 6.17. The number of halogens is 1. The number of carbonyl (C=O) groups is 3. The van der Waals surface area contributed by atoms with Crippen molar-refractivity contribution < 1.29 is 14.4 Å². The molecule has 0 spiro atoms. The van der Waals surface area contributed by atoms with Crippen molar-refractivity contribution in [3.05, 3.63) is 0 Å². The number of imide groups is 1. The van der Waals surface area contributed by atoms with Crippen LogP contribution in [-0.2, 0) is 14.4 Å². The summed E-state index contributed by atoms with van der Waals surface area (Å²) >= 11 is 5.43. The summed E-state index contributed by atoms with van der Waals surface area (Å²) in [4.78, 5) is 33.3. The van der Waals surface area contributed by atoms with Crippen LogP contribution in [0.2, 0.25) is 0 Å². The Kier molecular flexibility index (Phi) is 4.55. The summed E-state index contributed by atoms with van der Waals surface area (Å²) in [5.74, 6) is -0.496. The highest BCUT2D eigenvalue weighted by Crippen LogP contribution is 2.04. The Morgan fingerprint density at radius 2 is 2.27 bits per heavy atom. The predicted molar refractivity (Wildman–Crippen MR) is 54.3 cm³/mol. The van der Waals surface area contributed by atoms with Crippen molar-refractivity contribution in [3.63, 3.8) is 0 Å². The Balaban J connectivity index is 2.34. The van der Waals surface area contributed by atoms with Crippen molar-refractivity contribution in [1.29, 1.82) is 0 Å². The Bertz CT molecular complexity index is 281. The minimum Gasteiger partial charge on any atom is -0.344 e. The van der Waals surface area contributed by atoms with Gasteiger partial charge in [0.25, 0.3) is 0 Å². The summed E-state index contributed by atoms with van der Waals surface area (Å²) in [5.41, 5.74) is 0. The van der Waals surface area contributed by atoms with Crippen LogP contribution in [0.15, 0.2) is 0 Å². The van der Waals surface area contributed by atoms with Gasteiger partial charge in [0.1, 0.15) is 6.04 Å². The first-order chi connectivity index (χ1) is 7.13. The summed E-state index contributed by atoms with van der Waals surface area (Å²) < 4.78 is 0. The molecule has 3 amide bonds. The van der Waals surface area contributed by atoms with Crippen LogP contribution in [0.3, 0.4) is 0 Å². The first-order valence-electron chi connectivity index (χ1n) is 4.82. The molecule has 0 aliphatic carbocycles. The monoisotopic (exact) mass is 232 g/mol. The van der Waals surface area contributed by atoms with Gasteiger partial charge in [-0.1, -0.05) is 0 Å². The summed E-state index contributed by atoms with van der Waals surface area (Å²) in [6.07, 6.45) is 1.53. The second kappa shape index (κ2) is 5.70. The summed E-state index contributed by atoms with van der Waals surface area (Å²) in [6.45, 7) is 0. The van der Waals surface area contributed by atoms with E-state index in [-0.39, 0.29) is 18.2 Å². The lowest BCUT2D eigenvalue weighted by atomic mass is 10.1. The summed E-state index contributed by atoms with van der Waals surface area (Å²) in [6, 6.07) is -0.578. The maximum absolute atomic E-state index is 11.3. The Hall–Kier alpha value is -1.10. The fourth-order valence-corrected chi connectivity index (χ4v) is 1.46. The van der Waals surface area contributed by atoms with Crippen molar-refractivity contribution in [3.8, 4) is 0 Å². The highest BCUT2D eigenvalue weighted by Gasteiger charge is 2.27. The lowest BCUT2D eigenvalue weighted by Crippen LogP contribution is -2.52. The minimum absolute atomic E-state index is 0.204. The number of piperidine rings is 1. The van der Waals surface area contributed by atoms with Crippen molar-refractivity contribution in [2.24, 2.45) is 0 Å². The van der Waals surface area contributed by atoms with Crippen molar-refractivity contribution in [2.75, 3.05) is 5.88 Å². The van der Waals surface area contributed by atoms with E-state index in [2.05, 4.69) is 10.6 Å². The molecule has 2 N–H and O–H groups in total. The molecule has 1 saturated heterocycles. The fourth-order valence-electron chi connectivity index (χ4n) is 1.33. The highest BCUT2D eigenvalue weighted by atomic mass is 35.5. The standard InChI is InChI=1S/C9H13ClN2O3/c10-5-1-2-7(13)11-6-3-4-8(14)12-9(6)15/h6H,1-5H2,(H,11,13)(H,12,14,15). The average molecular weight is 233 g/mol. The van der Waals surface area contributed by atoms with Gasteiger partial charge in [-0.3, -0.25) is 19.7 Å². The van der Waals surface area contributed by atoms with Crippen LogP contribution in [0.25, 0.3) is 0 Å². The maximum Gasteiger partial charge on any atom is 0.249 e. The van der Waals surface area contributed by atoms with Crippen molar-refractivity contribution in [2.45, 2.75) is 31.7 Å². The third kappa shape index (κ3) is 3.87. The number of hydrogen-bond donors (Lipinski definition) is 2. The average Bonchev–Trinajstić information content (AvgIpc) is 2.19. The molecule has 1 atom stereocenters. The molecule has 15 heavy (non-hydrogen) atoms. The zero-order chi connectivity index (χ0) is 11.3. The molecule has 6 heteroatoms. The van der Waals surface area contributed by atoms with Gasteiger partial charge in [0, 0.05) is 18.7 Å². The van der Waals surface area contributed by atoms with Gasteiger partial charge >= 0.3 is 0 Å². The van der Waals surface area contributed by atoms with E-state index in [1.54, 1.807) is 0 Å². The van der Waals surface area contributed by atoms with E-state index in [9.17, 15) is 14.4 Å². The zero-order valence-electron chi connectivity index (χ0n) is 8.22. The second-order valence-electron chi connectivity index (χ2n) is 3.36. The molecule has 0 aromatic rings. The summed E-state index contributed by atoms with van der Waals surface area (Å²) in [7, 11) is 0. The lowest BCUT2D eigenvalue weighted by molar-refractivity contribution is -0.137. The fraction of sp³-hybridized carbons (Fsp3) is 0.667. The topological polar surface area (TPSA) is 75.3 Å². The number of nitrogens with one attached hydrogen (secondary N) is 2. The second-order valence-corrected chi connectivity index (χ2v) is 3.74. The van der Waals surface area contributed by atoms with Gasteiger partial charge < -0.3 is 5.32 Å². The first kappa shape index (κ1) is 12.0. The number of amides is 3. The predicted octanol–water partition coefficient (Wildman–Crippen LogP) is -0.0732. The molecule has 1 aliphatic heterocycles. The van der Waals surface area contributed by atoms with Gasteiger partial charge in [0.15, 0.2) is 0 Å². The minimum atomic E-state index is -0.578. The SMILES string of the molecule is O=C1CCC(NC(=O)CCCCl)C(=O)N1. The molecular weight excluding hydrogens is 220 g/mol. The first-order valence-corrected chi connectivity index (χ1v) is 5.36. The quantitative estimate of drug-likeness (QED) is 0.526. The van der Waals surface area contributed by atoms with Crippen LogP contribution in [0.1, 0.15) is 25.7 Å². The third-order valence-corrected chi connectivity index (χ3v) is 2.38. The van der Waals surface area contributed by atoms with Crippen molar-refractivity contribution in [1.82, 2.24) is 10.6 Å². The number of hydrogen-bond acceptors (Lipinski definition) is 3. The Morgan fingerprint density at radius 1 is 1.53 bits per heavy atom. The maximum atomic E-state index is 11.3. The number of alkyl halides is 1. The van der Waals surface area contributed by atoms with Gasteiger partial charge in [-0.15, -0.1) is 11.6 Å². The van der Waals surface area contributed by atoms with Crippen LogP contribution < -0.4 is 10.6 Å². The number of carbonyl (C=O) groups excluding carboxylic acids is 3. The third-order valence-electron chi connectivity index (χ3n) is 2.11. The molecule has 1 aliphatic rings. The van der Waals surface area contributed by atoms with E-state index in [4.69, 9.17) is 11.6 Å². The van der Waals surface area contributed by atoms with E-state index in [1.807, 2.05) is 0 Å². The van der Waals surface area contributed by atoms with Crippen LogP contribution >= 0.6 is 11.6 Å². The van der Waals surface area contributed by atoms with E-state index in [1.165, 1.54) is 0 Å². The molecule has 0 saturated carbocycles. The zero-order valence-corrected chi connectivity index (χ0v) is 8.97. The van der Waals surface area contributed by atoms with E-state index in [0.717, 1.165) is 0 Å². The lowest BCUT2D eigenvalue weighted by Gasteiger charge is -2.21. The number of rotatable bonds is 4. The molecule has 5 nitrogen and oxygen atoms in total. The Morgan fingerprint density at radius 3 is 2.87 bits per heavy atom. The van der Waals surface area contributed by atoms with Crippen LogP contribution in [0.5, 0.6) is 0 Å². The van der Waals surface area contributed by atoms with Gasteiger partial charge in [-0.05, 0) is 12.8 Å². The molecule has 1 rings (SSSR count). The molecule has 84 valence electrons. The molecular formula is C9H13ClN2O3. The van der Waals surface area contributed by atoms with E-state index in [0.29, 0.717) is 25.1 Å². The van der Waals surface area contributed by atoms with Gasteiger partial charge in [-0.2, -0.15) is 0 Å². The Labute approximate surface area is 92.5 Å². The largest absolute Gasteiger partial charge is 0.344 e. The van der Waals surface area contributed by atoms with Crippen molar-refractivity contribution >= 4 is 29.3 Å².